The molecule has 0 atom stereocenters. The van der Waals surface area contributed by atoms with Gasteiger partial charge >= 0.3 is 0 Å². The molecule has 0 saturated carbocycles. The van der Waals surface area contributed by atoms with Gasteiger partial charge in [0.05, 0.1) is 15.9 Å². The second-order valence-corrected chi connectivity index (χ2v) is 7.01. The fourth-order valence-corrected chi connectivity index (χ4v) is 4.59. The molecular formula is C20H11ClN2S. The molecule has 0 fully saturated rings. The smallest absolute Gasteiger partial charge is 0.216 e. The van der Waals surface area contributed by atoms with Gasteiger partial charge in [0, 0.05) is 15.6 Å². The lowest BCUT2D eigenvalue weighted by Crippen LogP contribution is -1.88. The number of rotatable bonds is 1. The standard InChI is InChI=1S/C20H11ClN2S/c21-20-22-16(13-7-2-1-3-8-13)19-17(23-20)15-11-10-12-6-4-5-9-14(12)18(15)24-19/h1-11H. The molecule has 5 aromatic rings. The minimum atomic E-state index is 0.286. The molecule has 114 valence electrons. The van der Waals surface area contributed by atoms with Crippen LogP contribution >= 0.6 is 22.9 Å². The minimum Gasteiger partial charge on any atom is -0.216 e. The monoisotopic (exact) mass is 346 g/mol. The van der Waals surface area contributed by atoms with E-state index in [1.807, 2.05) is 18.2 Å². The third-order valence-electron chi connectivity index (χ3n) is 4.22. The number of thiophene rings is 1. The van der Waals surface area contributed by atoms with Crippen molar-refractivity contribution in [1.29, 1.82) is 0 Å². The maximum absolute atomic E-state index is 6.23. The molecule has 0 amide bonds. The van der Waals surface area contributed by atoms with Crippen LogP contribution in [-0.4, -0.2) is 9.97 Å². The minimum absolute atomic E-state index is 0.286. The van der Waals surface area contributed by atoms with Crippen molar-refractivity contribution in [2.75, 3.05) is 0 Å². The lowest BCUT2D eigenvalue weighted by molar-refractivity contribution is 1.24. The summed E-state index contributed by atoms with van der Waals surface area (Å²) in [5, 5.41) is 3.90. The van der Waals surface area contributed by atoms with Crippen molar-refractivity contribution in [3.05, 3.63) is 72.0 Å². The fourth-order valence-electron chi connectivity index (χ4n) is 3.14. The number of hydrogen-bond acceptors (Lipinski definition) is 3. The highest BCUT2D eigenvalue weighted by Crippen LogP contribution is 2.41. The molecule has 2 nitrogen and oxygen atoms in total. The van der Waals surface area contributed by atoms with E-state index in [9.17, 15) is 0 Å². The first-order valence-corrected chi connectivity index (χ1v) is 8.83. The van der Waals surface area contributed by atoms with Crippen LogP contribution in [-0.2, 0) is 0 Å². The van der Waals surface area contributed by atoms with Gasteiger partial charge in [0.2, 0.25) is 5.28 Å². The molecule has 0 aliphatic heterocycles. The summed E-state index contributed by atoms with van der Waals surface area (Å²) in [7, 11) is 0. The highest BCUT2D eigenvalue weighted by molar-refractivity contribution is 7.27. The van der Waals surface area contributed by atoms with Crippen LogP contribution in [0, 0.1) is 0 Å². The summed E-state index contributed by atoms with van der Waals surface area (Å²) < 4.78 is 2.31. The maximum Gasteiger partial charge on any atom is 0.223 e. The van der Waals surface area contributed by atoms with Gasteiger partial charge in [-0.3, -0.25) is 0 Å². The van der Waals surface area contributed by atoms with Crippen molar-refractivity contribution in [2.45, 2.75) is 0 Å². The van der Waals surface area contributed by atoms with Crippen molar-refractivity contribution in [2.24, 2.45) is 0 Å². The molecule has 0 spiro atoms. The summed E-state index contributed by atoms with van der Waals surface area (Å²) >= 11 is 7.97. The fraction of sp³-hybridized carbons (Fsp3) is 0. The van der Waals surface area contributed by atoms with Crippen LogP contribution < -0.4 is 0 Å². The van der Waals surface area contributed by atoms with Gasteiger partial charge in [-0.2, -0.15) is 0 Å². The Hall–Kier alpha value is -2.49. The molecule has 4 heteroatoms. The van der Waals surface area contributed by atoms with Gasteiger partial charge in [-0.05, 0) is 22.4 Å². The van der Waals surface area contributed by atoms with E-state index in [1.165, 1.54) is 15.5 Å². The zero-order valence-corrected chi connectivity index (χ0v) is 14.1. The Labute approximate surface area is 147 Å². The largest absolute Gasteiger partial charge is 0.223 e. The summed E-state index contributed by atoms with van der Waals surface area (Å²) in [4.78, 5) is 9.03. The molecule has 2 aromatic heterocycles. The molecule has 24 heavy (non-hydrogen) atoms. The molecule has 0 aliphatic carbocycles. The van der Waals surface area contributed by atoms with E-state index in [1.54, 1.807) is 11.3 Å². The Morgan fingerprint density at radius 3 is 2.38 bits per heavy atom. The summed E-state index contributed by atoms with van der Waals surface area (Å²) in [6, 6.07) is 22.8. The van der Waals surface area contributed by atoms with Crippen molar-refractivity contribution in [3.8, 4) is 11.3 Å². The molecule has 0 unspecified atom stereocenters. The van der Waals surface area contributed by atoms with Gasteiger partial charge in [0.15, 0.2) is 0 Å². The third kappa shape index (κ3) is 2.02. The lowest BCUT2D eigenvalue weighted by Gasteiger charge is -2.02. The molecule has 0 saturated heterocycles. The third-order valence-corrected chi connectivity index (χ3v) is 5.63. The molecule has 0 bridgehead atoms. The van der Waals surface area contributed by atoms with Crippen molar-refractivity contribution >= 4 is 54.0 Å². The summed E-state index contributed by atoms with van der Waals surface area (Å²) in [6.45, 7) is 0. The lowest BCUT2D eigenvalue weighted by atomic mass is 10.1. The number of hydrogen-bond donors (Lipinski definition) is 0. The Morgan fingerprint density at radius 2 is 1.50 bits per heavy atom. The normalized spacial score (nSPS) is 11.5. The quantitative estimate of drug-likeness (QED) is 0.332. The molecule has 5 rings (SSSR count). The van der Waals surface area contributed by atoms with Crippen LogP contribution in [0.4, 0.5) is 0 Å². The van der Waals surface area contributed by atoms with E-state index in [4.69, 9.17) is 11.6 Å². The topological polar surface area (TPSA) is 25.8 Å². The molecule has 2 heterocycles. The molecule has 0 aliphatic rings. The molecular weight excluding hydrogens is 336 g/mol. The van der Waals surface area contributed by atoms with E-state index in [-0.39, 0.29) is 5.28 Å². The van der Waals surface area contributed by atoms with Gasteiger partial charge in [-0.25, -0.2) is 9.97 Å². The van der Waals surface area contributed by atoms with Gasteiger partial charge in [0.1, 0.15) is 0 Å². The average molecular weight is 347 g/mol. The van der Waals surface area contributed by atoms with E-state index in [2.05, 4.69) is 58.5 Å². The highest BCUT2D eigenvalue weighted by Gasteiger charge is 2.16. The van der Waals surface area contributed by atoms with Gasteiger partial charge in [0.25, 0.3) is 0 Å². The molecule has 3 aromatic carbocycles. The SMILES string of the molecule is Clc1nc(-c2ccccc2)c2sc3c4ccccc4ccc3c2n1. The summed E-state index contributed by atoms with van der Waals surface area (Å²) in [6.07, 6.45) is 0. The summed E-state index contributed by atoms with van der Waals surface area (Å²) in [5.74, 6) is 0. The Kier molecular flexibility index (Phi) is 3.05. The van der Waals surface area contributed by atoms with E-state index >= 15 is 0 Å². The first-order valence-electron chi connectivity index (χ1n) is 7.64. The Bertz CT molecular complexity index is 1210. The number of fused-ring (bicyclic) bond motifs is 5. The van der Waals surface area contributed by atoms with E-state index in [0.717, 1.165) is 26.9 Å². The Balaban J connectivity index is 1.97. The average Bonchev–Trinajstić information content (AvgIpc) is 3.01. The number of benzene rings is 3. The van der Waals surface area contributed by atoms with Crippen molar-refractivity contribution in [1.82, 2.24) is 9.97 Å². The second-order valence-electron chi connectivity index (χ2n) is 5.65. The van der Waals surface area contributed by atoms with Crippen molar-refractivity contribution < 1.29 is 0 Å². The predicted octanol–water partition coefficient (Wildman–Crippen LogP) is 6.32. The van der Waals surface area contributed by atoms with Crippen LogP contribution in [0.15, 0.2) is 66.7 Å². The highest BCUT2D eigenvalue weighted by atomic mass is 35.5. The zero-order valence-electron chi connectivity index (χ0n) is 12.5. The van der Waals surface area contributed by atoms with Crippen LogP contribution in [0.5, 0.6) is 0 Å². The van der Waals surface area contributed by atoms with Crippen LogP contribution in [0.25, 0.3) is 42.3 Å². The van der Waals surface area contributed by atoms with Gasteiger partial charge < -0.3 is 0 Å². The number of aromatic nitrogens is 2. The predicted molar refractivity (Wildman–Crippen MR) is 103 cm³/mol. The van der Waals surface area contributed by atoms with Crippen molar-refractivity contribution in [3.63, 3.8) is 0 Å². The van der Waals surface area contributed by atoms with E-state index < -0.39 is 0 Å². The summed E-state index contributed by atoms with van der Waals surface area (Å²) in [5.41, 5.74) is 2.89. The van der Waals surface area contributed by atoms with Gasteiger partial charge in [-0.15, -0.1) is 11.3 Å². The number of nitrogens with zero attached hydrogens (tertiary/aromatic N) is 2. The van der Waals surface area contributed by atoms with E-state index in [0.29, 0.717) is 0 Å². The Morgan fingerprint density at radius 1 is 0.708 bits per heavy atom. The zero-order chi connectivity index (χ0) is 16.1. The second kappa shape index (κ2) is 5.26. The first kappa shape index (κ1) is 13.9. The van der Waals surface area contributed by atoms with Crippen LogP contribution in [0.1, 0.15) is 0 Å². The van der Waals surface area contributed by atoms with Gasteiger partial charge in [-0.1, -0.05) is 66.7 Å². The number of halogens is 1. The first-order chi connectivity index (χ1) is 11.8. The molecule has 0 N–H and O–H groups in total. The van der Waals surface area contributed by atoms with Crippen LogP contribution in [0.3, 0.4) is 0 Å². The molecule has 0 radical (unpaired) electrons. The van der Waals surface area contributed by atoms with Crippen LogP contribution in [0.2, 0.25) is 5.28 Å². The maximum atomic E-state index is 6.23.